The number of nitrogens with one attached hydrogen (secondary N) is 1. The van der Waals surface area contributed by atoms with Gasteiger partial charge in [-0.05, 0) is 78.0 Å². The van der Waals surface area contributed by atoms with Gasteiger partial charge in [0.25, 0.3) is 0 Å². The number of hydrogen-bond acceptors (Lipinski definition) is 4. The fourth-order valence-corrected chi connectivity index (χ4v) is 4.19. The van der Waals surface area contributed by atoms with Crippen LogP contribution in [0.2, 0.25) is 0 Å². The van der Waals surface area contributed by atoms with Crippen molar-refractivity contribution in [1.82, 2.24) is 10.2 Å². The summed E-state index contributed by atoms with van der Waals surface area (Å²) < 4.78 is 5.51. The molecule has 0 spiro atoms. The Balaban J connectivity index is 1.74. The van der Waals surface area contributed by atoms with Gasteiger partial charge in [0.1, 0.15) is 5.60 Å². The second-order valence-corrected chi connectivity index (χ2v) is 9.26. The van der Waals surface area contributed by atoms with E-state index in [1.54, 1.807) is 0 Å². The van der Waals surface area contributed by atoms with Gasteiger partial charge in [0.15, 0.2) is 0 Å². The molecule has 2 atom stereocenters. The highest BCUT2D eigenvalue weighted by atomic mass is 32.1. The summed E-state index contributed by atoms with van der Waals surface area (Å²) in [5, 5.41) is 3.64. The van der Waals surface area contributed by atoms with Crippen molar-refractivity contribution in [2.24, 2.45) is 5.92 Å². The van der Waals surface area contributed by atoms with E-state index in [4.69, 9.17) is 4.74 Å². The third-order valence-corrected chi connectivity index (χ3v) is 6.04. The first kappa shape index (κ1) is 20.2. The minimum Gasteiger partial charge on any atom is -0.444 e. The number of rotatable bonds is 6. The van der Waals surface area contributed by atoms with Crippen LogP contribution in [-0.2, 0) is 11.2 Å². The lowest BCUT2D eigenvalue weighted by atomic mass is 9.95. The van der Waals surface area contributed by atoms with E-state index < -0.39 is 5.60 Å². The summed E-state index contributed by atoms with van der Waals surface area (Å²) >= 11 is 1.90. The highest BCUT2D eigenvalue weighted by Crippen LogP contribution is 2.25. The Kier molecular flexibility index (Phi) is 7.32. The predicted octanol–water partition coefficient (Wildman–Crippen LogP) is 5.00. The fraction of sp³-hybridized carbons (Fsp3) is 0.750. The molecule has 5 heteroatoms. The minimum atomic E-state index is -0.418. The van der Waals surface area contributed by atoms with Gasteiger partial charge < -0.3 is 15.0 Å². The molecule has 0 aromatic carbocycles. The van der Waals surface area contributed by atoms with Gasteiger partial charge in [-0.1, -0.05) is 6.92 Å². The van der Waals surface area contributed by atoms with Crippen LogP contribution >= 0.6 is 11.3 Å². The number of amides is 1. The smallest absolute Gasteiger partial charge is 0.410 e. The van der Waals surface area contributed by atoms with Crippen molar-refractivity contribution >= 4 is 17.4 Å². The molecule has 4 nitrogen and oxygen atoms in total. The van der Waals surface area contributed by atoms with Crippen LogP contribution in [-0.4, -0.2) is 36.2 Å². The second kappa shape index (κ2) is 9.04. The molecule has 1 aromatic rings. The molecule has 2 rings (SSSR count). The van der Waals surface area contributed by atoms with Gasteiger partial charge in [0, 0.05) is 28.9 Å². The topological polar surface area (TPSA) is 41.6 Å². The second-order valence-electron chi connectivity index (χ2n) is 8.06. The third-order valence-electron chi connectivity index (χ3n) is 4.63. The first-order chi connectivity index (χ1) is 11.8. The number of carbonyl (C=O) groups excluding carboxylic acids is 1. The van der Waals surface area contributed by atoms with Gasteiger partial charge in [0.05, 0.1) is 0 Å². The number of hydrogen-bond donors (Lipinski definition) is 1. The van der Waals surface area contributed by atoms with E-state index in [2.05, 4.69) is 31.3 Å². The molecule has 1 aliphatic heterocycles. The van der Waals surface area contributed by atoms with Crippen molar-refractivity contribution in [1.29, 1.82) is 0 Å². The lowest BCUT2D eigenvalue weighted by molar-refractivity contribution is 0.0161. The van der Waals surface area contributed by atoms with Crippen molar-refractivity contribution in [2.45, 2.75) is 71.9 Å². The highest BCUT2D eigenvalue weighted by molar-refractivity contribution is 7.12. The predicted molar refractivity (Wildman–Crippen MR) is 105 cm³/mol. The molecule has 142 valence electrons. The highest BCUT2D eigenvalue weighted by Gasteiger charge is 2.27. The van der Waals surface area contributed by atoms with Gasteiger partial charge in [-0.3, -0.25) is 0 Å². The molecule has 2 heterocycles. The Morgan fingerprint density at radius 2 is 2.20 bits per heavy atom. The zero-order valence-electron chi connectivity index (χ0n) is 16.4. The van der Waals surface area contributed by atoms with Crippen LogP contribution in [0.15, 0.2) is 12.1 Å². The standard InChI is InChI=1S/C20H34N2O2S/c1-6-17-9-10-18(25-17)15(2)21-12-11-16-8-7-13-22(14-16)19(23)24-20(3,4)5/h9-10,15-16,21H,6-8,11-14H2,1-5H3. The van der Waals surface area contributed by atoms with Gasteiger partial charge >= 0.3 is 6.09 Å². The summed E-state index contributed by atoms with van der Waals surface area (Å²) in [5.74, 6) is 0.565. The van der Waals surface area contributed by atoms with E-state index >= 15 is 0 Å². The summed E-state index contributed by atoms with van der Waals surface area (Å²) in [7, 11) is 0. The van der Waals surface area contributed by atoms with Crippen LogP contribution in [0.5, 0.6) is 0 Å². The average molecular weight is 367 g/mol. The van der Waals surface area contributed by atoms with Crippen LogP contribution in [0.3, 0.4) is 0 Å². The number of aryl methyl sites for hydroxylation is 1. The van der Waals surface area contributed by atoms with Crippen molar-refractivity contribution in [3.63, 3.8) is 0 Å². The molecule has 1 saturated heterocycles. The quantitative estimate of drug-likeness (QED) is 0.770. The summed E-state index contributed by atoms with van der Waals surface area (Å²) in [6, 6.07) is 4.88. The SMILES string of the molecule is CCc1ccc(C(C)NCCC2CCCN(C(=O)OC(C)(C)C)C2)s1. The zero-order chi connectivity index (χ0) is 18.4. The molecule has 0 aliphatic carbocycles. The average Bonchev–Trinajstić information content (AvgIpc) is 3.02. The Morgan fingerprint density at radius 3 is 2.84 bits per heavy atom. The molecule has 0 saturated carbocycles. The van der Waals surface area contributed by atoms with Crippen LogP contribution in [0, 0.1) is 5.92 Å². The molecular weight excluding hydrogens is 332 g/mol. The Hall–Kier alpha value is -1.07. The number of likely N-dealkylation sites (tertiary alicyclic amines) is 1. The normalized spacial score (nSPS) is 19.7. The van der Waals surface area contributed by atoms with Gasteiger partial charge in [-0.15, -0.1) is 11.3 Å². The van der Waals surface area contributed by atoms with Crippen molar-refractivity contribution < 1.29 is 9.53 Å². The number of carbonyl (C=O) groups is 1. The van der Waals surface area contributed by atoms with E-state index in [1.165, 1.54) is 16.2 Å². The van der Waals surface area contributed by atoms with Crippen LogP contribution in [0.25, 0.3) is 0 Å². The molecule has 0 bridgehead atoms. The van der Waals surface area contributed by atoms with Gasteiger partial charge in [0.2, 0.25) is 0 Å². The van der Waals surface area contributed by atoms with Crippen LogP contribution in [0.4, 0.5) is 4.79 Å². The molecule has 2 unspecified atom stereocenters. The lowest BCUT2D eigenvalue weighted by Gasteiger charge is -2.34. The van der Waals surface area contributed by atoms with Crippen LogP contribution < -0.4 is 5.32 Å². The third kappa shape index (κ3) is 6.63. The van der Waals surface area contributed by atoms with Crippen molar-refractivity contribution in [3.8, 4) is 0 Å². The summed E-state index contributed by atoms with van der Waals surface area (Å²) in [6.07, 6.45) is 4.33. The van der Waals surface area contributed by atoms with Gasteiger partial charge in [-0.2, -0.15) is 0 Å². The minimum absolute atomic E-state index is 0.163. The van der Waals surface area contributed by atoms with E-state index in [9.17, 15) is 4.79 Å². The first-order valence-corrected chi connectivity index (χ1v) is 10.4. The number of thiophene rings is 1. The maximum Gasteiger partial charge on any atom is 0.410 e. The zero-order valence-corrected chi connectivity index (χ0v) is 17.2. The van der Waals surface area contributed by atoms with Crippen molar-refractivity contribution in [2.75, 3.05) is 19.6 Å². The molecular formula is C20H34N2O2S. The summed E-state index contributed by atoms with van der Waals surface area (Å²) in [4.78, 5) is 17.0. The molecule has 1 amide bonds. The number of nitrogens with zero attached hydrogens (tertiary/aromatic N) is 1. The van der Waals surface area contributed by atoms with Gasteiger partial charge in [-0.25, -0.2) is 4.79 Å². The number of piperidine rings is 1. The summed E-state index contributed by atoms with van der Waals surface area (Å²) in [5.41, 5.74) is -0.418. The summed E-state index contributed by atoms with van der Waals surface area (Å²) in [6.45, 7) is 12.8. The number of ether oxygens (including phenoxy) is 1. The Morgan fingerprint density at radius 1 is 1.44 bits per heavy atom. The fourth-order valence-electron chi connectivity index (χ4n) is 3.21. The van der Waals surface area contributed by atoms with Crippen molar-refractivity contribution in [3.05, 3.63) is 21.9 Å². The molecule has 1 aliphatic rings. The molecule has 0 radical (unpaired) electrons. The first-order valence-electron chi connectivity index (χ1n) is 9.58. The van der Waals surface area contributed by atoms with E-state index in [0.29, 0.717) is 12.0 Å². The molecule has 1 aromatic heterocycles. The van der Waals surface area contributed by atoms with E-state index in [0.717, 1.165) is 38.9 Å². The van der Waals surface area contributed by atoms with E-state index in [-0.39, 0.29) is 6.09 Å². The maximum absolute atomic E-state index is 12.2. The molecule has 25 heavy (non-hydrogen) atoms. The maximum atomic E-state index is 12.2. The monoisotopic (exact) mass is 366 g/mol. The van der Waals surface area contributed by atoms with E-state index in [1.807, 2.05) is 37.0 Å². The molecule has 1 N–H and O–H groups in total. The molecule has 1 fully saturated rings. The van der Waals surface area contributed by atoms with Crippen LogP contribution in [0.1, 0.15) is 69.7 Å². The Labute approximate surface area is 156 Å². The largest absolute Gasteiger partial charge is 0.444 e. The Bertz CT molecular complexity index is 550. The lowest BCUT2D eigenvalue weighted by Crippen LogP contribution is -2.43.